The molecule has 0 unspecified atom stereocenters. The Bertz CT molecular complexity index is 460. The van der Waals surface area contributed by atoms with Crippen LogP contribution in [0.25, 0.3) is 0 Å². The molecule has 1 saturated carbocycles. The molecule has 1 aromatic carbocycles. The highest BCUT2D eigenvalue weighted by Gasteiger charge is 2.35. The topological polar surface area (TPSA) is 39.1 Å². The molecule has 1 heterocycles. The van der Waals surface area contributed by atoms with Gasteiger partial charge in [0.05, 0.1) is 11.5 Å². The number of anilines is 1. The van der Waals surface area contributed by atoms with Crippen molar-refractivity contribution >= 4 is 5.69 Å². The average molecular weight is 255 g/mol. The Hall–Kier alpha value is -1.53. The van der Waals surface area contributed by atoms with Crippen molar-refractivity contribution in [2.75, 3.05) is 31.1 Å². The first-order valence-corrected chi connectivity index (χ1v) is 7.32. The normalized spacial score (nSPS) is 22.2. The largest absolute Gasteiger partial charge is 0.369 e. The van der Waals surface area contributed by atoms with Crippen molar-refractivity contribution in [1.29, 1.82) is 5.26 Å². The van der Waals surface area contributed by atoms with E-state index in [1.54, 1.807) is 0 Å². The molecule has 0 atom stereocenters. The Morgan fingerprint density at radius 2 is 1.68 bits per heavy atom. The predicted molar refractivity (Wildman–Crippen MR) is 77.3 cm³/mol. The molecule has 3 rings (SSSR count). The maximum Gasteiger partial charge on any atom is 0.0822 e. The molecular formula is C16H21N3. The van der Waals surface area contributed by atoms with Crippen molar-refractivity contribution in [3.8, 4) is 6.07 Å². The molecule has 2 fully saturated rings. The quantitative estimate of drug-likeness (QED) is 0.882. The van der Waals surface area contributed by atoms with Crippen LogP contribution < -0.4 is 10.2 Å². The lowest BCUT2D eigenvalue weighted by molar-refractivity contribution is 0.571. The number of nitrogens with one attached hydrogen (secondary N) is 1. The first kappa shape index (κ1) is 12.5. The third kappa shape index (κ3) is 2.33. The summed E-state index contributed by atoms with van der Waals surface area (Å²) in [4.78, 5) is 2.41. The van der Waals surface area contributed by atoms with Crippen molar-refractivity contribution in [1.82, 2.24) is 5.32 Å². The van der Waals surface area contributed by atoms with Crippen LogP contribution in [0, 0.1) is 11.3 Å². The van der Waals surface area contributed by atoms with Gasteiger partial charge in [-0.15, -0.1) is 0 Å². The Balaban J connectivity index is 1.80. The predicted octanol–water partition coefficient (Wildman–Crippen LogP) is 2.43. The van der Waals surface area contributed by atoms with Gasteiger partial charge in [-0.2, -0.15) is 5.26 Å². The molecule has 0 aromatic heterocycles. The number of nitriles is 1. The second-order valence-electron chi connectivity index (χ2n) is 5.68. The van der Waals surface area contributed by atoms with Gasteiger partial charge in [0.25, 0.3) is 0 Å². The van der Waals surface area contributed by atoms with Crippen LogP contribution in [0.15, 0.2) is 24.3 Å². The molecule has 3 heteroatoms. The molecule has 100 valence electrons. The summed E-state index contributed by atoms with van der Waals surface area (Å²) in [5, 5.41) is 12.9. The number of hydrogen-bond donors (Lipinski definition) is 1. The fraction of sp³-hybridized carbons (Fsp3) is 0.562. The van der Waals surface area contributed by atoms with Gasteiger partial charge in [0, 0.05) is 31.9 Å². The van der Waals surface area contributed by atoms with Crippen LogP contribution in [0.5, 0.6) is 0 Å². The lowest BCUT2D eigenvalue weighted by Gasteiger charge is -2.30. The molecule has 2 aliphatic rings. The molecule has 0 radical (unpaired) electrons. The summed E-state index contributed by atoms with van der Waals surface area (Å²) in [5.41, 5.74) is 2.30. The van der Waals surface area contributed by atoms with E-state index in [0.717, 1.165) is 39.0 Å². The van der Waals surface area contributed by atoms with Crippen LogP contribution in [0.2, 0.25) is 0 Å². The van der Waals surface area contributed by atoms with Crippen molar-refractivity contribution in [3.63, 3.8) is 0 Å². The summed E-state index contributed by atoms with van der Waals surface area (Å²) in [5.74, 6) is 0. The molecule has 3 nitrogen and oxygen atoms in total. The highest BCUT2D eigenvalue weighted by molar-refractivity contribution is 5.50. The molecule has 0 amide bonds. The SMILES string of the molecule is N#CC1(c2ccc(N3CCNCC3)cc2)CCCC1. The summed E-state index contributed by atoms with van der Waals surface area (Å²) < 4.78 is 0. The molecule has 19 heavy (non-hydrogen) atoms. The summed E-state index contributed by atoms with van der Waals surface area (Å²) >= 11 is 0. The Morgan fingerprint density at radius 1 is 1.05 bits per heavy atom. The third-order valence-electron chi connectivity index (χ3n) is 4.57. The van der Waals surface area contributed by atoms with Crippen molar-refractivity contribution in [2.24, 2.45) is 0 Å². The number of piperazine rings is 1. The van der Waals surface area contributed by atoms with E-state index in [1.807, 2.05) is 0 Å². The van der Waals surface area contributed by atoms with Crippen molar-refractivity contribution < 1.29 is 0 Å². The minimum absolute atomic E-state index is 0.206. The van der Waals surface area contributed by atoms with Gasteiger partial charge in [-0.3, -0.25) is 0 Å². The van der Waals surface area contributed by atoms with Gasteiger partial charge in [0.2, 0.25) is 0 Å². The Kier molecular flexibility index (Phi) is 3.44. The maximum absolute atomic E-state index is 9.52. The monoisotopic (exact) mass is 255 g/mol. The van der Waals surface area contributed by atoms with Gasteiger partial charge in [-0.25, -0.2) is 0 Å². The summed E-state index contributed by atoms with van der Waals surface area (Å²) in [7, 11) is 0. The highest BCUT2D eigenvalue weighted by Crippen LogP contribution is 2.40. The zero-order valence-corrected chi connectivity index (χ0v) is 11.4. The zero-order chi connectivity index (χ0) is 13.1. The van der Waals surface area contributed by atoms with E-state index < -0.39 is 0 Å². The van der Waals surface area contributed by atoms with Crippen LogP contribution in [-0.2, 0) is 5.41 Å². The number of hydrogen-bond acceptors (Lipinski definition) is 3. The number of rotatable bonds is 2. The van der Waals surface area contributed by atoms with Crippen molar-refractivity contribution in [2.45, 2.75) is 31.1 Å². The molecule has 1 aliphatic heterocycles. The number of nitrogens with zero attached hydrogens (tertiary/aromatic N) is 2. The van der Waals surface area contributed by atoms with Crippen LogP contribution in [-0.4, -0.2) is 26.2 Å². The fourth-order valence-electron chi connectivity index (χ4n) is 3.36. The lowest BCUT2D eigenvalue weighted by Crippen LogP contribution is -2.43. The summed E-state index contributed by atoms with van der Waals surface area (Å²) in [6, 6.07) is 11.3. The molecule has 1 aromatic rings. The van der Waals surface area contributed by atoms with Gasteiger partial charge in [-0.05, 0) is 30.5 Å². The second kappa shape index (κ2) is 5.22. The van der Waals surface area contributed by atoms with E-state index in [2.05, 4.69) is 40.6 Å². The minimum Gasteiger partial charge on any atom is -0.369 e. The molecule has 1 saturated heterocycles. The molecule has 1 N–H and O–H groups in total. The van der Waals surface area contributed by atoms with Gasteiger partial charge in [-0.1, -0.05) is 25.0 Å². The van der Waals surface area contributed by atoms with Crippen LogP contribution in [0.4, 0.5) is 5.69 Å². The molecule has 1 aliphatic carbocycles. The van der Waals surface area contributed by atoms with E-state index in [1.165, 1.54) is 24.1 Å². The average Bonchev–Trinajstić information content (AvgIpc) is 2.98. The van der Waals surface area contributed by atoms with Gasteiger partial charge < -0.3 is 10.2 Å². The first-order chi connectivity index (χ1) is 9.34. The zero-order valence-electron chi connectivity index (χ0n) is 11.4. The van der Waals surface area contributed by atoms with Gasteiger partial charge in [0.15, 0.2) is 0 Å². The second-order valence-corrected chi connectivity index (χ2v) is 5.68. The van der Waals surface area contributed by atoms with Crippen LogP contribution >= 0.6 is 0 Å². The number of benzene rings is 1. The standard InChI is InChI=1S/C16H21N3/c17-13-16(7-1-2-8-16)14-3-5-15(6-4-14)19-11-9-18-10-12-19/h3-6,18H,1-2,7-12H2. The molecular weight excluding hydrogens is 234 g/mol. The van der Waals surface area contributed by atoms with E-state index in [-0.39, 0.29) is 5.41 Å². The van der Waals surface area contributed by atoms with E-state index in [0.29, 0.717) is 0 Å². The Labute approximate surface area is 115 Å². The fourth-order valence-corrected chi connectivity index (χ4v) is 3.36. The maximum atomic E-state index is 9.52. The van der Waals surface area contributed by atoms with E-state index in [9.17, 15) is 5.26 Å². The van der Waals surface area contributed by atoms with E-state index >= 15 is 0 Å². The van der Waals surface area contributed by atoms with Crippen LogP contribution in [0.1, 0.15) is 31.2 Å². The Morgan fingerprint density at radius 3 is 2.26 bits per heavy atom. The van der Waals surface area contributed by atoms with E-state index in [4.69, 9.17) is 0 Å². The summed E-state index contributed by atoms with van der Waals surface area (Å²) in [6.45, 7) is 4.26. The minimum atomic E-state index is -0.206. The lowest BCUT2D eigenvalue weighted by atomic mass is 9.80. The first-order valence-electron chi connectivity index (χ1n) is 7.32. The van der Waals surface area contributed by atoms with Crippen LogP contribution in [0.3, 0.4) is 0 Å². The molecule has 0 spiro atoms. The highest BCUT2D eigenvalue weighted by atomic mass is 15.2. The van der Waals surface area contributed by atoms with Gasteiger partial charge >= 0.3 is 0 Å². The van der Waals surface area contributed by atoms with Gasteiger partial charge in [0.1, 0.15) is 0 Å². The summed E-state index contributed by atoms with van der Waals surface area (Å²) in [6.07, 6.45) is 4.42. The molecule has 0 bridgehead atoms. The smallest absolute Gasteiger partial charge is 0.0822 e. The third-order valence-corrected chi connectivity index (χ3v) is 4.57. The van der Waals surface area contributed by atoms with Crippen molar-refractivity contribution in [3.05, 3.63) is 29.8 Å².